The van der Waals surface area contributed by atoms with Crippen LogP contribution < -0.4 is 11.1 Å². The molecule has 1 amide bonds. The van der Waals surface area contributed by atoms with E-state index in [2.05, 4.69) is 10.4 Å². The number of nitrogens with one attached hydrogen (secondary N) is 1. The van der Waals surface area contributed by atoms with Crippen LogP contribution in [0.25, 0.3) is 5.69 Å². The van der Waals surface area contributed by atoms with Gasteiger partial charge in [-0.1, -0.05) is 0 Å². The molecule has 3 rings (SSSR count). The summed E-state index contributed by atoms with van der Waals surface area (Å²) in [6, 6.07) is 9.40. The van der Waals surface area contributed by atoms with Crippen LogP contribution in [-0.4, -0.2) is 21.2 Å². The predicted octanol–water partition coefficient (Wildman–Crippen LogP) is 1.69. The second kappa shape index (κ2) is 4.51. The molecule has 0 unspecified atom stereocenters. The maximum absolute atomic E-state index is 12.0. The fourth-order valence-electron chi connectivity index (χ4n) is 2.16. The topological polar surface area (TPSA) is 72.9 Å². The summed E-state index contributed by atoms with van der Waals surface area (Å²) in [5.41, 5.74) is 7.02. The van der Waals surface area contributed by atoms with Gasteiger partial charge in [-0.05, 0) is 49.6 Å². The fourth-order valence-corrected chi connectivity index (χ4v) is 2.16. The Hall–Kier alpha value is -2.14. The molecule has 0 atom stereocenters. The van der Waals surface area contributed by atoms with Gasteiger partial charge in [0.2, 0.25) is 5.91 Å². The molecule has 0 aliphatic heterocycles. The maximum Gasteiger partial charge on any atom is 0.244 e. The molecule has 0 bridgehead atoms. The van der Waals surface area contributed by atoms with Gasteiger partial charge in [-0.3, -0.25) is 4.79 Å². The van der Waals surface area contributed by atoms with E-state index < -0.39 is 5.54 Å². The lowest BCUT2D eigenvalue weighted by Crippen LogP contribution is -2.56. The van der Waals surface area contributed by atoms with Crippen molar-refractivity contribution in [2.24, 2.45) is 5.73 Å². The molecule has 19 heavy (non-hydrogen) atoms. The minimum absolute atomic E-state index is 0.0920. The number of hydrogen-bond donors (Lipinski definition) is 2. The number of carbonyl (C=O) groups is 1. The lowest BCUT2D eigenvalue weighted by molar-refractivity contribution is -0.123. The highest BCUT2D eigenvalue weighted by Crippen LogP contribution is 2.30. The molecule has 5 nitrogen and oxygen atoms in total. The predicted molar refractivity (Wildman–Crippen MR) is 73.0 cm³/mol. The van der Waals surface area contributed by atoms with E-state index >= 15 is 0 Å². The van der Waals surface area contributed by atoms with Crippen LogP contribution in [0.15, 0.2) is 42.7 Å². The van der Waals surface area contributed by atoms with E-state index in [1.165, 1.54) is 0 Å². The van der Waals surface area contributed by atoms with Gasteiger partial charge in [0.05, 0.1) is 11.2 Å². The molecule has 98 valence electrons. The van der Waals surface area contributed by atoms with Crippen molar-refractivity contribution in [3.05, 3.63) is 42.7 Å². The molecule has 2 aromatic rings. The lowest BCUT2D eigenvalue weighted by atomic mass is 9.77. The number of nitrogens with zero attached hydrogens (tertiary/aromatic N) is 2. The van der Waals surface area contributed by atoms with Crippen LogP contribution in [-0.2, 0) is 4.79 Å². The van der Waals surface area contributed by atoms with E-state index in [-0.39, 0.29) is 5.91 Å². The number of anilines is 1. The van der Waals surface area contributed by atoms with Crippen LogP contribution in [0.3, 0.4) is 0 Å². The van der Waals surface area contributed by atoms with E-state index in [9.17, 15) is 4.79 Å². The minimum atomic E-state index is -0.666. The zero-order chi connectivity index (χ0) is 13.3. The van der Waals surface area contributed by atoms with Gasteiger partial charge in [0, 0.05) is 18.1 Å². The van der Waals surface area contributed by atoms with Gasteiger partial charge in [0.25, 0.3) is 0 Å². The summed E-state index contributed by atoms with van der Waals surface area (Å²) in [5.74, 6) is -0.0920. The lowest BCUT2D eigenvalue weighted by Gasteiger charge is -2.36. The van der Waals surface area contributed by atoms with Gasteiger partial charge in [0.15, 0.2) is 0 Å². The Bertz CT molecular complexity index is 570. The maximum atomic E-state index is 12.0. The Morgan fingerprint density at radius 1 is 1.32 bits per heavy atom. The molecule has 1 heterocycles. The second-order valence-electron chi connectivity index (χ2n) is 4.96. The minimum Gasteiger partial charge on any atom is -0.324 e. The quantitative estimate of drug-likeness (QED) is 0.877. The first-order valence-corrected chi connectivity index (χ1v) is 6.38. The molecule has 3 N–H and O–H groups in total. The molecule has 1 aromatic heterocycles. The molecule has 1 aliphatic carbocycles. The Balaban J connectivity index is 1.71. The van der Waals surface area contributed by atoms with Crippen LogP contribution in [0.1, 0.15) is 19.3 Å². The normalized spacial score (nSPS) is 16.7. The Morgan fingerprint density at radius 3 is 2.58 bits per heavy atom. The van der Waals surface area contributed by atoms with E-state index in [1.54, 1.807) is 10.9 Å². The smallest absolute Gasteiger partial charge is 0.244 e. The van der Waals surface area contributed by atoms with Crippen molar-refractivity contribution in [2.75, 3.05) is 5.32 Å². The second-order valence-corrected chi connectivity index (χ2v) is 4.96. The molecule has 5 heteroatoms. The third kappa shape index (κ3) is 2.24. The van der Waals surface area contributed by atoms with Gasteiger partial charge < -0.3 is 11.1 Å². The third-order valence-electron chi connectivity index (χ3n) is 3.59. The molecule has 1 saturated carbocycles. The molecular formula is C14H16N4O. The Morgan fingerprint density at radius 2 is 2.05 bits per heavy atom. The summed E-state index contributed by atoms with van der Waals surface area (Å²) in [7, 11) is 0. The number of nitrogens with two attached hydrogens (primary N) is 1. The molecular weight excluding hydrogens is 240 g/mol. The average Bonchev–Trinajstić information content (AvgIpc) is 2.90. The highest BCUT2D eigenvalue weighted by atomic mass is 16.2. The van der Waals surface area contributed by atoms with Gasteiger partial charge >= 0.3 is 0 Å². The number of carbonyl (C=O) groups excluding carboxylic acids is 1. The summed E-state index contributed by atoms with van der Waals surface area (Å²) in [6.07, 6.45) is 6.16. The molecule has 0 radical (unpaired) electrons. The largest absolute Gasteiger partial charge is 0.324 e. The summed E-state index contributed by atoms with van der Waals surface area (Å²) in [6.45, 7) is 0. The third-order valence-corrected chi connectivity index (χ3v) is 3.59. The van der Waals surface area contributed by atoms with Crippen LogP contribution >= 0.6 is 0 Å². The first-order chi connectivity index (χ1) is 9.17. The van der Waals surface area contributed by atoms with Crippen LogP contribution in [0.2, 0.25) is 0 Å². The summed E-state index contributed by atoms with van der Waals surface area (Å²) in [5, 5.41) is 7.01. The molecule has 0 spiro atoms. The first-order valence-electron chi connectivity index (χ1n) is 6.38. The molecule has 0 saturated heterocycles. The number of hydrogen-bond acceptors (Lipinski definition) is 3. The SMILES string of the molecule is NC1(C(=O)Nc2ccc(-n3cccn3)cc2)CCC1. The number of benzene rings is 1. The highest BCUT2D eigenvalue weighted by Gasteiger charge is 2.40. The van der Waals surface area contributed by atoms with Crippen LogP contribution in [0.5, 0.6) is 0 Å². The standard InChI is InChI=1S/C14H16N4O/c15-14(7-1-8-14)13(19)17-11-3-5-12(6-4-11)18-10-2-9-16-18/h2-6,9-10H,1,7-8,15H2,(H,17,19). The number of aromatic nitrogens is 2. The van der Waals surface area contributed by atoms with Crippen molar-refractivity contribution in [3.8, 4) is 5.69 Å². The number of amides is 1. The molecule has 1 fully saturated rings. The van der Waals surface area contributed by atoms with E-state index in [0.29, 0.717) is 0 Å². The zero-order valence-corrected chi connectivity index (χ0v) is 10.5. The Labute approximate surface area is 111 Å². The summed E-state index contributed by atoms with van der Waals surface area (Å²) in [4.78, 5) is 12.0. The van der Waals surface area contributed by atoms with E-state index in [0.717, 1.165) is 30.6 Å². The van der Waals surface area contributed by atoms with Crippen LogP contribution in [0.4, 0.5) is 5.69 Å². The summed E-state index contributed by atoms with van der Waals surface area (Å²) < 4.78 is 1.77. The Kier molecular flexibility index (Phi) is 2.83. The van der Waals surface area contributed by atoms with Crippen molar-refractivity contribution < 1.29 is 4.79 Å². The summed E-state index contributed by atoms with van der Waals surface area (Å²) >= 11 is 0. The van der Waals surface area contributed by atoms with Gasteiger partial charge in [-0.2, -0.15) is 5.10 Å². The monoisotopic (exact) mass is 256 g/mol. The van der Waals surface area contributed by atoms with Gasteiger partial charge in [0.1, 0.15) is 0 Å². The highest BCUT2D eigenvalue weighted by molar-refractivity contribution is 5.98. The van der Waals surface area contributed by atoms with Crippen molar-refractivity contribution in [1.82, 2.24) is 9.78 Å². The van der Waals surface area contributed by atoms with Crippen molar-refractivity contribution in [3.63, 3.8) is 0 Å². The first kappa shape index (κ1) is 11.9. The van der Waals surface area contributed by atoms with E-state index in [4.69, 9.17) is 5.73 Å². The van der Waals surface area contributed by atoms with Crippen molar-refractivity contribution >= 4 is 11.6 Å². The van der Waals surface area contributed by atoms with Gasteiger partial charge in [-0.25, -0.2) is 4.68 Å². The average molecular weight is 256 g/mol. The number of rotatable bonds is 3. The zero-order valence-electron chi connectivity index (χ0n) is 10.5. The van der Waals surface area contributed by atoms with Crippen molar-refractivity contribution in [1.29, 1.82) is 0 Å². The van der Waals surface area contributed by atoms with Crippen LogP contribution in [0, 0.1) is 0 Å². The van der Waals surface area contributed by atoms with Gasteiger partial charge in [-0.15, -0.1) is 0 Å². The molecule has 1 aromatic carbocycles. The fraction of sp³-hybridized carbons (Fsp3) is 0.286. The van der Waals surface area contributed by atoms with E-state index in [1.807, 2.05) is 36.5 Å². The molecule has 1 aliphatic rings. The van der Waals surface area contributed by atoms with Crippen molar-refractivity contribution in [2.45, 2.75) is 24.8 Å².